The Morgan fingerprint density at radius 2 is 2.00 bits per heavy atom. The SMILES string of the molecule is NCCCCC(NC(=O)C(N)CO)C(=O)N1CCCC1C(=O)O. The Labute approximate surface area is 135 Å². The molecule has 1 aliphatic heterocycles. The second-order valence-corrected chi connectivity index (χ2v) is 5.66. The van der Waals surface area contributed by atoms with E-state index in [0.29, 0.717) is 45.2 Å². The number of aliphatic hydroxyl groups excluding tert-OH is 1. The van der Waals surface area contributed by atoms with Crippen LogP contribution in [-0.4, -0.2) is 70.7 Å². The van der Waals surface area contributed by atoms with Crippen LogP contribution in [0.5, 0.6) is 0 Å². The number of nitrogens with zero attached hydrogens (tertiary/aromatic N) is 1. The molecule has 1 aliphatic rings. The van der Waals surface area contributed by atoms with Crippen LogP contribution in [0.15, 0.2) is 0 Å². The maximum absolute atomic E-state index is 12.6. The van der Waals surface area contributed by atoms with Gasteiger partial charge in [0.15, 0.2) is 0 Å². The quantitative estimate of drug-likeness (QED) is 0.306. The average molecular weight is 330 g/mol. The Bertz CT molecular complexity index is 431. The maximum atomic E-state index is 12.6. The lowest BCUT2D eigenvalue weighted by molar-refractivity contribution is -0.149. The number of nitrogens with one attached hydrogen (secondary N) is 1. The highest BCUT2D eigenvalue weighted by atomic mass is 16.4. The van der Waals surface area contributed by atoms with Crippen LogP contribution < -0.4 is 16.8 Å². The fraction of sp³-hybridized carbons (Fsp3) is 0.786. The number of aliphatic carboxylic acids is 1. The van der Waals surface area contributed by atoms with Crippen LogP contribution in [0.1, 0.15) is 32.1 Å². The highest BCUT2D eigenvalue weighted by Crippen LogP contribution is 2.19. The summed E-state index contributed by atoms with van der Waals surface area (Å²) in [5.74, 6) is -2.11. The normalized spacial score (nSPS) is 20.1. The first-order valence-corrected chi connectivity index (χ1v) is 7.82. The molecule has 0 bridgehead atoms. The number of carbonyl (C=O) groups is 3. The van der Waals surface area contributed by atoms with Crippen molar-refractivity contribution >= 4 is 17.8 Å². The summed E-state index contributed by atoms with van der Waals surface area (Å²) in [4.78, 5) is 37.0. The van der Waals surface area contributed by atoms with Crippen LogP contribution in [0.2, 0.25) is 0 Å². The summed E-state index contributed by atoms with van der Waals surface area (Å²) >= 11 is 0. The number of hydrogen-bond acceptors (Lipinski definition) is 6. The molecule has 2 amide bonds. The number of hydrogen-bond donors (Lipinski definition) is 5. The Morgan fingerprint density at radius 1 is 1.30 bits per heavy atom. The van der Waals surface area contributed by atoms with E-state index in [1.165, 1.54) is 4.90 Å². The minimum Gasteiger partial charge on any atom is -0.480 e. The van der Waals surface area contributed by atoms with Gasteiger partial charge in [-0.15, -0.1) is 0 Å². The number of unbranched alkanes of at least 4 members (excludes halogenated alkanes) is 1. The molecule has 132 valence electrons. The van der Waals surface area contributed by atoms with Gasteiger partial charge in [-0.2, -0.15) is 0 Å². The molecule has 0 aromatic heterocycles. The van der Waals surface area contributed by atoms with E-state index in [9.17, 15) is 19.5 Å². The van der Waals surface area contributed by atoms with Crippen LogP contribution >= 0.6 is 0 Å². The lowest BCUT2D eigenvalue weighted by Gasteiger charge is -2.28. The van der Waals surface area contributed by atoms with Gasteiger partial charge in [0.2, 0.25) is 11.8 Å². The van der Waals surface area contributed by atoms with Gasteiger partial charge >= 0.3 is 5.97 Å². The first-order chi connectivity index (χ1) is 10.9. The maximum Gasteiger partial charge on any atom is 0.326 e. The van der Waals surface area contributed by atoms with Gasteiger partial charge in [0.1, 0.15) is 18.1 Å². The van der Waals surface area contributed by atoms with E-state index in [4.69, 9.17) is 16.6 Å². The Morgan fingerprint density at radius 3 is 2.57 bits per heavy atom. The van der Waals surface area contributed by atoms with E-state index in [0.717, 1.165) is 0 Å². The van der Waals surface area contributed by atoms with Crippen molar-refractivity contribution in [2.24, 2.45) is 11.5 Å². The molecule has 23 heavy (non-hydrogen) atoms. The van der Waals surface area contributed by atoms with Crippen LogP contribution in [-0.2, 0) is 14.4 Å². The van der Waals surface area contributed by atoms with E-state index >= 15 is 0 Å². The minimum absolute atomic E-state index is 0.350. The van der Waals surface area contributed by atoms with Gasteiger partial charge in [0, 0.05) is 6.54 Å². The van der Waals surface area contributed by atoms with Crippen molar-refractivity contribution in [2.45, 2.75) is 50.2 Å². The third kappa shape index (κ3) is 5.45. The summed E-state index contributed by atoms with van der Waals surface area (Å²) in [7, 11) is 0. The van der Waals surface area contributed by atoms with Crippen molar-refractivity contribution in [1.29, 1.82) is 0 Å². The molecular weight excluding hydrogens is 304 g/mol. The lowest BCUT2D eigenvalue weighted by Crippen LogP contribution is -2.55. The van der Waals surface area contributed by atoms with E-state index in [-0.39, 0.29) is 0 Å². The molecule has 0 aromatic carbocycles. The number of nitrogens with two attached hydrogens (primary N) is 2. The smallest absolute Gasteiger partial charge is 0.326 e. The molecule has 9 nitrogen and oxygen atoms in total. The summed E-state index contributed by atoms with van der Waals surface area (Å²) in [6.45, 7) is 0.286. The molecule has 3 unspecified atom stereocenters. The fourth-order valence-corrected chi connectivity index (χ4v) is 2.60. The van der Waals surface area contributed by atoms with Crippen molar-refractivity contribution in [3.8, 4) is 0 Å². The van der Waals surface area contributed by atoms with Crippen LogP contribution in [0.4, 0.5) is 0 Å². The third-order valence-electron chi connectivity index (χ3n) is 3.92. The minimum atomic E-state index is -1.12. The topological polar surface area (TPSA) is 159 Å². The van der Waals surface area contributed by atoms with Crippen molar-refractivity contribution in [2.75, 3.05) is 19.7 Å². The molecule has 9 heteroatoms. The molecular formula is C14H26N4O5. The Hall–Kier alpha value is -1.71. The number of rotatable bonds is 9. The molecule has 1 heterocycles. The molecule has 1 rings (SSSR count). The monoisotopic (exact) mass is 330 g/mol. The van der Waals surface area contributed by atoms with Crippen molar-refractivity contribution in [1.82, 2.24) is 10.2 Å². The predicted octanol–water partition coefficient (Wildman–Crippen LogP) is -2.00. The van der Waals surface area contributed by atoms with Crippen LogP contribution in [0, 0.1) is 0 Å². The molecule has 0 spiro atoms. The van der Waals surface area contributed by atoms with E-state index < -0.39 is 42.5 Å². The second-order valence-electron chi connectivity index (χ2n) is 5.66. The predicted molar refractivity (Wildman–Crippen MR) is 82.3 cm³/mol. The lowest BCUT2D eigenvalue weighted by atomic mass is 10.1. The highest BCUT2D eigenvalue weighted by molar-refractivity contribution is 5.92. The summed E-state index contributed by atoms with van der Waals surface area (Å²) < 4.78 is 0. The summed E-state index contributed by atoms with van der Waals surface area (Å²) in [5, 5.41) is 20.6. The van der Waals surface area contributed by atoms with Gasteiger partial charge in [-0.25, -0.2) is 4.79 Å². The van der Waals surface area contributed by atoms with E-state index in [1.807, 2.05) is 0 Å². The summed E-state index contributed by atoms with van der Waals surface area (Å²) in [5.41, 5.74) is 10.9. The molecule has 0 aliphatic carbocycles. The first kappa shape index (κ1) is 19.3. The molecule has 1 saturated heterocycles. The zero-order valence-electron chi connectivity index (χ0n) is 13.1. The average Bonchev–Trinajstić information content (AvgIpc) is 3.02. The van der Waals surface area contributed by atoms with Crippen LogP contribution in [0.3, 0.4) is 0 Å². The molecule has 0 radical (unpaired) electrons. The van der Waals surface area contributed by atoms with Gasteiger partial charge in [0.05, 0.1) is 6.61 Å². The Kier molecular flexibility index (Phi) is 7.93. The van der Waals surface area contributed by atoms with Gasteiger partial charge in [-0.3, -0.25) is 9.59 Å². The zero-order valence-corrected chi connectivity index (χ0v) is 13.1. The number of amides is 2. The fourth-order valence-electron chi connectivity index (χ4n) is 2.60. The zero-order chi connectivity index (χ0) is 17.4. The summed E-state index contributed by atoms with van der Waals surface area (Å²) in [6, 6.07) is -2.83. The Balaban J connectivity index is 2.78. The number of likely N-dealkylation sites (tertiary alicyclic amines) is 1. The van der Waals surface area contributed by atoms with Crippen molar-refractivity contribution in [3.63, 3.8) is 0 Å². The standard InChI is InChI=1S/C14H26N4O5/c15-6-2-1-4-10(17-12(20)9(16)8-19)13(21)18-7-3-5-11(18)14(22)23/h9-11,19H,1-8,15-16H2,(H,17,20)(H,22,23). The number of aliphatic hydroxyl groups is 1. The van der Waals surface area contributed by atoms with Crippen molar-refractivity contribution < 1.29 is 24.6 Å². The second kappa shape index (κ2) is 9.43. The van der Waals surface area contributed by atoms with E-state index in [1.54, 1.807) is 0 Å². The third-order valence-corrected chi connectivity index (χ3v) is 3.92. The first-order valence-electron chi connectivity index (χ1n) is 7.82. The van der Waals surface area contributed by atoms with Gasteiger partial charge in [-0.05, 0) is 38.6 Å². The summed E-state index contributed by atoms with van der Waals surface area (Å²) in [6.07, 6.45) is 2.67. The van der Waals surface area contributed by atoms with Gasteiger partial charge in [0.25, 0.3) is 0 Å². The van der Waals surface area contributed by atoms with E-state index in [2.05, 4.69) is 5.32 Å². The van der Waals surface area contributed by atoms with Crippen molar-refractivity contribution in [3.05, 3.63) is 0 Å². The number of carbonyl (C=O) groups excluding carboxylic acids is 2. The molecule has 0 aromatic rings. The highest BCUT2D eigenvalue weighted by Gasteiger charge is 2.37. The number of carboxylic acid groups (broad SMARTS) is 1. The van der Waals surface area contributed by atoms with Crippen LogP contribution in [0.25, 0.3) is 0 Å². The number of carboxylic acids is 1. The van der Waals surface area contributed by atoms with Gasteiger partial charge in [-0.1, -0.05) is 0 Å². The molecule has 3 atom stereocenters. The molecule has 0 saturated carbocycles. The molecule has 7 N–H and O–H groups in total. The largest absolute Gasteiger partial charge is 0.480 e. The molecule has 1 fully saturated rings. The van der Waals surface area contributed by atoms with Gasteiger partial charge < -0.3 is 31.9 Å².